The molecule has 0 aromatic carbocycles. The third kappa shape index (κ3) is 1.62. The first-order chi connectivity index (χ1) is 3.70. The van der Waals surface area contributed by atoms with Crippen LogP contribution in [0.25, 0.3) is 0 Å². The Morgan fingerprint density at radius 3 is 2.11 bits per heavy atom. The number of amides is 2. The predicted molar refractivity (Wildman–Crippen MR) is 33.8 cm³/mol. The van der Waals surface area contributed by atoms with Crippen molar-refractivity contribution >= 4 is 27.7 Å². The van der Waals surface area contributed by atoms with E-state index in [0.29, 0.717) is 4.48 Å². The normalized spacial score (nSPS) is 16.3. The Hall–Kier alpha value is -0.680. The second-order valence-electron chi connectivity index (χ2n) is 1.31. The number of nitrogens with one attached hydrogen (secondary N) is 1. The molecule has 0 saturated heterocycles. The van der Waals surface area contributed by atoms with Crippen molar-refractivity contribution in [2.75, 3.05) is 0 Å². The van der Waals surface area contributed by atoms with Crippen LogP contribution >= 0.6 is 15.9 Å². The summed E-state index contributed by atoms with van der Waals surface area (Å²) in [5.74, 6) is -0.725. The van der Waals surface area contributed by atoms with Gasteiger partial charge >= 0.3 is 0 Å². The van der Waals surface area contributed by atoms with Crippen molar-refractivity contribution in [3.63, 3.8) is 0 Å². The van der Waals surface area contributed by atoms with Crippen LogP contribution in [0.3, 0.4) is 0 Å². The SMILES string of the molecule is O.O=C1C=C(Br)C(=O)N1. The molecule has 0 atom stereocenters. The van der Waals surface area contributed by atoms with E-state index in [-0.39, 0.29) is 17.3 Å². The van der Waals surface area contributed by atoms with Gasteiger partial charge in [0.15, 0.2) is 0 Å². The third-order valence-corrected chi connectivity index (χ3v) is 1.30. The van der Waals surface area contributed by atoms with Crippen molar-refractivity contribution in [3.8, 4) is 0 Å². The number of imide groups is 1. The Bertz CT molecular complexity index is 186. The van der Waals surface area contributed by atoms with E-state index >= 15 is 0 Å². The molecule has 1 aliphatic rings. The van der Waals surface area contributed by atoms with Gasteiger partial charge in [0.2, 0.25) is 0 Å². The summed E-state index contributed by atoms with van der Waals surface area (Å²) in [5, 5.41) is 2.05. The zero-order valence-electron chi connectivity index (χ0n) is 4.27. The molecule has 0 radical (unpaired) electrons. The van der Waals surface area contributed by atoms with Gasteiger partial charge in [0.25, 0.3) is 11.8 Å². The predicted octanol–water partition coefficient (Wildman–Crippen LogP) is -0.903. The van der Waals surface area contributed by atoms with Crippen molar-refractivity contribution in [1.29, 1.82) is 0 Å². The second-order valence-corrected chi connectivity index (χ2v) is 2.16. The molecule has 0 aromatic heterocycles. The van der Waals surface area contributed by atoms with Crippen LogP contribution in [0, 0.1) is 0 Å². The van der Waals surface area contributed by atoms with Crippen LogP contribution in [0.1, 0.15) is 0 Å². The molecule has 5 heteroatoms. The standard InChI is InChI=1S/C4H2BrNO2.H2O/c5-2-1-3(7)6-4(2)8;/h1H,(H,6,7,8);1H2. The minimum absolute atomic E-state index is 0. The highest BCUT2D eigenvalue weighted by atomic mass is 79.9. The lowest BCUT2D eigenvalue weighted by Crippen LogP contribution is -2.21. The van der Waals surface area contributed by atoms with Crippen molar-refractivity contribution in [2.45, 2.75) is 0 Å². The molecule has 0 saturated carbocycles. The summed E-state index contributed by atoms with van der Waals surface area (Å²) in [6.45, 7) is 0. The van der Waals surface area contributed by atoms with E-state index in [9.17, 15) is 9.59 Å². The fraction of sp³-hybridized carbons (Fsp3) is 0. The largest absolute Gasteiger partial charge is 0.412 e. The number of carbonyl (C=O) groups is 2. The maximum atomic E-state index is 10.3. The van der Waals surface area contributed by atoms with Crippen LogP contribution in [0.15, 0.2) is 10.6 Å². The fourth-order valence-corrected chi connectivity index (χ4v) is 0.695. The van der Waals surface area contributed by atoms with Crippen LogP contribution in [0.5, 0.6) is 0 Å². The molecule has 9 heavy (non-hydrogen) atoms. The van der Waals surface area contributed by atoms with Crippen LogP contribution in [-0.2, 0) is 9.59 Å². The highest BCUT2D eigenvalue weighted by Gasteiger charge is 2.16. The quantitative estimate of drug-likeness (QED) is 0.507. The van der Waals surface area contributed by atoms with Crippen molar-refractivity contribution in [2.24, 2.45) is 0 Å². The molecule has 3 N–H and O–H groups in total. The van der Waals surface area contributed by atoms with Gasteiger partial charge in [0.1, 0.15) is 0 Å². The molecule has 0 aliphatic carbocycles. The zero-order valence-corrected chi connectivity index (χ0v) is 5.86. The van der Waals surface area contributed by atoms with E-state index in [1.807, 2.05) is 5.32 Å². The summed E-state index contributed by atoms with van der Waals surface area (Å²) in [7, 11) is 0. The molecule has 2 amide bonds. The summed E-state index contributed by atoms with van der Waals surface area (Å²) < 4.78 is 0.294. The highest BCUT2D eigenvalue weighted by molar-refractivity contribution is 9.12. The Labute approximate surface area is 59.4 Å². The van der Waals surface area contributed by atoms with Crippen LogP contribution < -0.4 is 5.32 Å². The molecule has 4 nitrogen and oxygen atoms in total. The maximum absolute atomic E-state index is 10.3. The van der Waals surface area contributed by atoms with Gasteiger partial charge < -0.3 is 5.48 Å². The molecule has 0 unspecified atom stereocenters. The van der Waals surface area contributed by atoms with Crippen LogP contribution in [0.2, 0.25) is 0 Å². The zero-order chi connectivity index (χ0) is 6.15. The molecule has 0 fully saturated rings. The number of rotatable bonds is 0. The highest BCUT2D eigenvalue weighted by Crippen LogP contribution is 2.08. The Morgan fingerprint density at radius 2 is 2.00 bits per heavy atom. The van der Waals surface area contributed by atoms with Gasteiger partial charge in [-0.05, 0) is 15.9 Å². The average molecular weight is 194 g/mol. The number of hydrogen-bond acceptors (Lipinski definition) is 2. The first-order valence-corrected chi connectivity index (χ1v) is 2.72. The molecule has 0 aromatic rings. The summed E-state index contributed by atoms with van der Waals surface area (Å²) in [6.07, 6.45) is 1.20. The van der Waals surface area contributed by atoms with Gasteiger partial charge in [-0.2, -0.15) is 0 Å². The first kappa shape index (κ1) is 8.32. The maximum Gasteiger partial charge on any atom is 0.265 e. The number of halogens is 1. The van der Waals surface area contributed by atoms with E-state index in [2.05, 4.69) is 15.9 Å². The lowest BCUT2D eigenvalue weighted by molar-refractivity contribution is -0.123. The van der Waals surface area contributed by atoms with Gasteiger partial charge in [-0.15, -0.1) is 0 Å². The monoisotopic (exact) mass is 193 g/mol. The van der Waals surface area contributed by atoms with E-state index in [1.165, 1.54) is 6.08 Å². The van der Waals surface area contributed by atoms with Crippen molar-refractivity contribution < 1.29 is 15.1 Å². The Kier molecular flexibility index (Phi) is 2.54. The van der Waals surface area contributed by atoms with Crippen LogP contribution in [0.4, 0.5) is 0 Å². The lowest BCUT2D eigenvalue weighted by Gasteiger charge is -1.83. The summed E-state index contributed by atoms with van der Waals surface area (Å²) in [5.41, 5.74) is 0. The fourth-order valence-electron chi connectivity index (χ4n) is 0.388. The van der Waals surface area contributed by atoms with E-state index in [1.54, 1.807) is 0 Å². The molecular formula is C4H4BrNO3. The molecule has 1 rings (SSSR count). The lowest BCUT2D eigenvalue weighted by atomic mass is 10.6. The molecule has 50 valence electrons. The Balaban J connectivity index is 0.000000640. The summed E-state index contributed by atoms with van der Waals surface area (Å²) >= 11 is 2.87. The first-order valence-electron chi connectivity index (χ1n) is 1.92. The minimum Gasteiger partial charge on any atom is -0.412 e. The molecule has 1 aliphatic heterocycles. The van der Waals surface area contributed by atoms with Crippen LogP contribution in [-0.4, -0.2) is 17.3 Å². The smallest absolute Gasteiger partial charge is 0.265 e. The van der Waals surface area contributed by atoms with Gasteiger partial charge in [0, 0.05) is 6.08 Å². The van der Waals surface area contributed by atoms with Gasteiger partial charge in [-0.1, -0.05) is 0 Å². The van der Waals surface area contributed by atoms with Gasteiger partial charge in [-0.3, -0.25) is 14.9 Å². The summed E-state index contributed by atoms with van der Waals surface area (Å²) in [6, 6.07) is 0. The molecular weight excluding hydrogens is 190 g/mol. The average Bonchev–Trinajstić information content (AvgIpc) is 1.85. The van der Waals surface area contributed by atoms with E-state index < -0.39 is 0 Å². The van der Waals surface area contributed by atoms with Gasteiger partial charge in [-0.25, -0.2) is 0 Å². The number of hydrogen-bond donors (Lipinski definition) is 1. The van der Waals surface area contributed by atoms with Gasteiger partial charge in [0.05, 0.1) is 4.48 Å². The van der Waals surface area contributed by atoms with E-state index in [4.69, 9.17) is 0 Å². The topological polar surface area (TPSA) is 77.7 Å². The summed E-state index contributed by atoms with van der Waals surface area (Å²) in [4.78, 5) is 20.6. The molecule has 0 spiro atoms. The Morgan fingerprint density at radius 1 is 1.44 bits per heavy atom. The minimum atomic E-state index is -0.366. The van der Waals surface area contributed by atoms with Crippen molar-refractivity contribution in [1.82, 2.24) is 5.32 Å². The molecule has 0 bridgehead atoms. The van der Waals surface area contributed by atoms with E-state index in [0.717, 1.165) is 0 Å². The third-order valence-electron chi connectivity index (χ3n) is 0.711. The van der Waals surface area contributed by atoms with Crippen molar-refractivity contribution in [3.05, 3.63) is 10.6 Å². The number of carbonyl (C=O) groups excluding carboxylic acids is 2. The molecule has 1 heterocycles. The second kappa shape index (κ2) is 2.75.